The summed E-state index contributed by atoms with van der Waals surface area (Å²) in [7, 11) is -1.85. The molecule has 116 valence electrons. The number of carbonyl (C=O) groups is 1. The van der Waals surface area contributed by atoms with Gasteiger partial charge >= 0.3 is 6.03 Å². The number of nitrogens with one attached hydrogen (secondary N) is 2. The largest absolute Gasteiger partial charge is 0.324 e. The number of carbonyl (C=O) groups excluding carboxylic acids is 1. The summed E-state index contributed by atoms with van der Waals surface area (Å²) in [5.41, 5.74) is 0.569. The number of likely N-dealkylation sites (tertiary alicyclic amines) is 1. The number of nitrogens with zero attached hydrogens (tertiary/aromatic N) is 3. The standard InChI is InChI=1S/C12H19N5O3S/c1-13-21(19,20)9-10-3-2-6-17(8-10)12(18)16-11-4-5-14-15-7-11/h4-5,7,10,13H,2-3,6,8-9H2,1H3,(H,14,16,18). The molecule has 1 atom stereocenters. The van der Waals surface area contributed by atoms with E-state index >= 15 is 0 Å². The number of anilines is 1. The zero-order chi connectivity index (χ0) is 15.3. The molecule has 0 saturated carbocycles. The van der Waals surface area contributed by atoms with Crippen LogP contribution in [0.4, 0.5) is 10.5 Å². The van der Waals surface area contributed by atoms with Crippen molar-refractivity contribution >= 4 is 21.7 Å². The summed E-state index contributed by atoms with van der Waals surface area (Å²) in [5.74, 6) is 0.00176. The van der Waals surface area contributed by atoms with Gasteiger partial charge in [-0.2, -0.15) is 10.2 Å². The third kappa shape index (κ3) is 4.64. The van der Waals surface area contributed by atoms with E-state index < -0.39 is 10.0 Å². The molecular formula is C12H19N5O3S. The fraction of sp³-hybridized carbons (Fsp3) is 0.583. The third-order valence-corrected chi connectivity index (χ3v) is 4.94. The van der Waals surface area contributed by atoms with Crippen LogP contribution < -0.4 is 10.0 Å². The summed E-state index contributed by atoms with van der Waals surface area (Å²) >= 11 is 0. The first-order valence-corrected chi connectivity index (χ1v) is 8.39. The van der Waals surface area contributed by atoms with Gasteiger partial charge in [0.1, 0.15) is 0 Å². The Hall–Kier alpha value is -1.74. The topological polar surface area (TPSA) is 104 Å². The molecule has 1 aromatic heterocycles. The molecule has 0 aromatic carbocycles. The number of sulfonamides is 1. The Morgan fingerprint density at radius 3 is 2.95 bits per heavy atom. The van der Waals surface area contributed by atoms with Gasteiger partial charge in [0.05, 0.1) is 23.8 Å². The molecule has 9 heteroatoms. The van der Waals surface area contributed by atoms with Gasteiger partial charge < -0.3 is 10.2 Å². The van der Waals surface area contributed by atoms with Crippen LogP contribution in [0.25, 0.3) is 0 Å². The second-order valence-corrected chi connectivity index (χ2v) is 6.97. The average molecular weight is 313 g/mol. The molecule has 2 N–H and O–H groups in total. The van der Waals surface area contributed by atoms with Crippen LogP contribution in [0, 0.1) is 5.92 Å². The summed E-state index contributed by atoms with van der Waals surface area (Å²) in [4.78, 5) is 13.8. The van der Waals surface area contributed by atoms with Crippen molar-refractivity contribution < 1.29 is 13.2 Å². The first-order valence-electron chi connectivity index (χ1n) is 6.74. The van der Waals surface area contributed by atoms with Crippen molar-refractivity contribution in [2.45, 2.75) is 12.8 Å². The van der Waals surface area contributed by atoms with Crippen LogP contribution >= 0.6 is 0 Å². The first kappa shape index (κ1) is 15.6. The van der Waals surface area contributed by atoms with Gasteiger partial charge in [-0.25, -0.2) is 17.9 Å². The average Bonchev–Trinajstić information content (AvgIpc) is 2.48. The number of aromatic nitrogens is 2. The van der Waals surface area contributed by atoms with Crippen LogP contribution in [0.5, 0.6) is 0 Å². The van der Waals surface area contributed by atoms with Crippen molar-refractivity contribution in [3.8, 4) is 0 Å². The van der Waals surface area contributed by atoms with Crippen molar-refractivity contribution in [3.63, 3.8) is 0 Å². The molecule has 1 unspecified atom stereocenters. The van der Waals surface area contributed by atoms with E-state index in [2.05, 4.69) is 20.2 Å². The fourth-order valence-corrected chi connectivity index (χ4v) is 3.41. The van der Waals surface area contributed by atoms with Gasteiger partial charge in [-0.05, 0) is 31.9 Å². The lowest BCUT2D eigenvalue weighted by Crippen LogP contribution is -2.44. The second-order valence-electron chi connectivity index (χ2n) is 5.00. The SMILES string of the molecule is CNS(=O)(=O)CC1CCCN(C(=O)Nc2ccnnc2)C1. The maximum atomic E-state index is 12.1. The van der Waals surface area contributed by atoms with Crippen molar-refractivity contribution in [1.29, 1.82) is 0 Å². The van der Waals surface area contributed by atoms with Gasteiger partial charge in [0, 0.05) is 13.1 Å². The Labute approximate surface area is 124 Å². The van der Waals surface area contributed by atoms with E-state index in [1.54, 1.807) is 11.0 Å². The summed E-state index contributed by atoms with van der Waals surface area (Å²) in [6.45, 7) is 1.06. The fourth-order valence-electron chi connectivity index (χ4n) is 2.35. The molecule has 1 saturated heterocycles. The van der Waals surface area contributed by atoms with Gasteiger partial charge in [0.2, 0.25) is 10.0 Å². The summed E-state index contributed by atoms with van der Waals surface area (Å²) in [5, 5.41) is 10.1. The zero-order valence-corrected chi connectivity index (χ0v) is 12.6. The summed E-state index contributed by atoms with van der Waals surface area (Å²) in [6, 6.07) is 1.41. The zero-order valence-electron chi connectivity index (χ0n) is 11.8. The molecule has 2 amide bonds. The second kappa shape index (κ2) is 6.81. The Bertz CT molecular complexity index is 578. The summed E-state index contributed by atoms with van der Waals surface area (Å²) < 4.78 is 25.5. The van der Waals surface area contributed by atoms with Gasteiger partial charge in [-0.1, -0.05) is 0 Å². The highest BCUT2D eigenvalue weighted by molar-refractivity contribution is 7.89. The smallest absolute Gasteiger partial charge is 0.321 e. The molecular weight excluding hydrogens is 294 g/mol. The molecule has 2 rings (SSSR count). The van der Waals surface area contributed by atoms with Crippen LogP contribution in [-0.4, -0.2) is 55.4 Å². The van der Waals surface area contributed by atoms with E-state index in [1.807, 2.05) is 0 Å². The predicted octanol–water partition coefficient (Wildman–Crippen LogP) is 0.270. The minimum Gasteiger partial charge on any atom is -0.324 e. The number of piperidine rings is 1. The highest BCUT2D eigenvalue weighted by Crippen LogP contribution is 2.19. The van der Waals surface area contributed by atoms with E-state index in [1.165, 1.54) is 19.4 Å². The van der Waals surface area contributed by atoms with E-state index in [9.17, 15) is 13.2 Å². The first-order chi connectivity index (χ1) is 10.00. The maximum Gasteiger partial charge on any atom is 0.321 e. The molecule has 21 heavy (non-hydrogen) atoms. The van der Waals surface area contributed by atoms with E-state index in [0.717, 1.165) is 12.8 Å². The molecule has 8 nitrogen and oxygen atoms in total. The van der Waals surface area contributed by atoms with Crippen LogP contribution in [0.1, 0.15) is 12.8 Å². The van der Waals surface area contributed by atoms with Crippen molar-refractivity contribution in [2.24, 2.45) is 5.92 Å². The molecule has 1 aliphatic rings. The van der Waals surface area contributed by atoms with Gasteiger partial charge in [0.15, 0.2) is 0 Å². The highest BCUT2D eigenvalue weighted by Gasteiger charge is 2.27. The van der Waals surface area contributed by atoms with Crippen molar-refractivity contribution in [3.05, 3.63) is 18.5 Å². The van der Waals surface area contributed by atoms with Crippen LogP contribution in [0.3, 0.4) is 0 Å². The number of rotatable bonds is 4. The van der Waals surface area contributed by atoms with Crippen LogP contribution in [0.2, 0.25) is 0 Å². The maximum absolute atomic E-state index is 12.1. The van der Waals surface area contributed by atoms with Crippen molar-refractivity contribution in [1.82, 2.24) is 19.8 Å². The molecule has 1 aromatic rings. The normalized spacial score (nSPS) is 19.3. The molecule has 0 spiro atoms. The molecule has 0 aliphatic carbocycles. The molecule has 1 fully saturated rings. The molecule has 2 heterocycles. The highest BCUT2D eigenvalue weighted by atomic mass is 32.2. The minimum absolute atomic E-state index is 0.0440. The third-order valence-electron chi connectivity index (χ3n) is 3.41. The number of amides is 2. The molecule has 1 aliphatic heterocycles. The lowest BCUT2D eigenvalue weighted by Gasteiger charge is -2.32. The minimum atomic E-state index is -3.25. The predicted molar refractivity (Wildman–Crippen MR) is 78.2 cm³/mol. The quantitative estimate of drug-likeness (QED) is 0.830. The van der Waals surface area contributed by atoms with Crippen molar-refractivity contribution in [2.75, 3.05) is 31.2 Å². The Morgan fingerprint density at radius 2 is 2.29 bits per heavy atom. The van der Waals surface area contributed by atoms with Crippen LogP contribution in [-0.2, 0) is 10.0 Å². The monoisotopic (exact) mass is 313 g/mol. The Balaban J connectivity index is 1.93. The molecule has 0 bridgehead atoms. The summed E-state index contributed by atoms with van der Waals surface area (Å²) in [6.07, 6.45) is 4.56. The lowest BCUT2D eigenvalue weighted by atomic mass is 10.0. The van der Waals surface area contributed by atoms with Crippen LogP contribution in [0.15, 0.2) is 18.5 Å². The number of hydrogen-bond donors (Lipinski definition) is 2. The van der Waals surface area contributed by atoms with E-state index in [4.69, 9.17) is 0 Å². The van der Waals surface area contributed by atoms with Gasteiger partial charge in [-0.15, -0.1) is 0 Å². The Kier molecular flexibility index (Phi) is 5.07. The lowest BCUT2D eigenvalue weighted by molar-refractivity contribution is 0.182. The number of hydrogen-bond acceptors (Lipinski definition) is 5. The molecule has 0 radical (unpaired) electrons. The van der Waals surface area contributed by atoms with Gasteiger partial charge in [0.25, 0.3) is 0 Å². The number of urea groups is 1. The van der Waals surface area contributed by atoms with Gasteiger partial charge in [-0.3, -0.25) is 0 Å². The Morgan fingerprint density at radius 1 is 1.48 bits per heavy atom. The van der Waals surface area contributed by atoms with E-state index in [0.29, 0.717) is 18.8 Å². The van der Waals surface area contributed by atoms with E-state index in [-0.39, 0.29) is 17.7 Å².